The number of carbonyl (C=O) groups excluding carboxylic acids is 2. The fourth-order valence-corrected chi connectivity index (χ4v) is 4.89. The Morgan fingerprint density at radius 1 is 1.13 bits per heavy atom. The molecule has 0 radical (unpaired) electrons. The van der Waals surface area contributed by atoms with Crippen molar-refractivity contribution in [2.75, 3.05) is 7.05 Å². The number of carbonyl (C=O) groups is 2. The Kier molecular flexibility index (Phi) is 7.05. The Labute approximate surface area is 230 Å². The van der Waals surface area contributed by atoms with Crippen LogP contribution in [0, 0.1) is 5.41 Å². The van der Waals surface area contributed by atoms with Crippen molar-refractivity contribution >= 4 is 45.4 Å². The van der Waals surface area contributed by atoms with E-state index in [9.17, 15) is 9.59 Å². The minimum absolute atomic E-state index is 0.146. The van der Waals surface area contributed by atoms with Gasteiger partial charge in [-0.05, 0) is 29.7 Å². The van der Waals surface area contributed by atoms with E-state index in [0.29, 0.717) is 27.8 Å². The number of amides is 2. The van der Waals surface area contributed by atoms with Crippen molar-refractivity contribution in [3.63, 3.8) is 0 Å². The second kappa shape index (κ2) is 10.5. The molecule has 0 spiro atoms. The van der Waals surface area contributed by atoms with Crippen LogP contribution in [0.1, 0.15) is 49.4 Å². The van der Waals surface area contributed by atoms with Gasteiger partial charge in [0.2, 0.25) is 5.91 Å². The summed E-state index contributed by atoms with van der Waals surface area (Å²) >= 11 is 6.60. The van der Waals surface area contributed by atoms with E-state index in [-0.39, 0.29) is 36.2 Å². The second-order valence-electron chi connectivity index (χ2n) is 10.4. The zero-order valence-corrected chi connectivity index (χ0v) is 22.9. The molecule has 39 heavy (non-hydrogen) atoms. The Balaban J connectivity index is 1.63. The quantitative estimate of drug-likeness (QED) is 0.273. The van der Waals surface area contributed by atoms with E-state index >= 15 is 0 Å². The highest BCUT2D eigenvalue weighted by Gasteiger charge is 2.33. The zero-order valence-electron chi connectivity index (χ0n) is 22.1. The monoisotopic (exact) mass is 544 g/mol. The number of rotatable bonds is 7. The summed E-state index contributed by atoms with van der Waals surface area (Å²) in [6.45, 7) is 6.48. The summed E-state index contributed by atoms with van der Waals surface area (Å²) in [6, 6.07) is 10.8. The van der Waals surface area contributed by atoms with Gasteiger partial charge < -0.3 is 15.2 Å². The molecule has 11 heteroatoms. The Hall–Kier alpha value is -4.31. The van der Waals surface area contributed by atoms with Gasteiger partial charge in [0.15, 0.2) is 0 Å². The topological polar surface area (TPSA) is 130 Å². The van der Waals surface area contributed by atoms with Crippen LogP contribution < -0.4 is 10.6 Å². The van der Waals surface area contributed by atoms with Gasteiger partial charge in [-0.15, -0.1) is 0 Å². The van der Waals surface area contributed by atoms with Crippen molar-refractivity contribution in [3.8, 4) is 11.4 Å². The number of aromatic nitrogens is 6. The number of halogens is 1. The molecule has 0 unspecified atom stereocenters. The lowest BCUT2D eigenvalue weighted by Crippen LogP contribution is -2.32. The summed E-state index contributed by atoms with van der Waals surface area (Å²) in [4.78, 5) is 39.1. The highest BCUT2D eigenvalue weighted by atomic mass is 35.5. The van der Waals surface area contributed by atoms with Crippen LogP contribution in [0.2, 0.25) is 5.02 Å². The molecule has 0 aliphatic heterocycles. The molecule has 0 aliphatic carbocycles. The molecule has 3 N–H and O–H groups in total. The molecule has 5 aromatic rings. The predicted octanol–water partition coefficient (Wildman–Crippen LogP) is 4.68. The van der Waals surface area contributed by atoms with E-state index < -0.39 is 0 Å². The molecule has 5 rings (SSSR count). The lowest BCUT2D eigenvalue weighted by atomic mass is 9.84. The SMILES string of the molecule is CNC(=O)c1cc2nc(-c3ccc4cn[nH]c4c3)n([C@@H](CC(=O)NCc3ncccn3)C(C)(C)C)c2cc1Cl. The first-order chi connectivity index (χ1) is 18.7. The van der Waals surface area contributed by atoms with Crippen LogP contribution >= 0.6 is 11.6 Å². The number of fused-ring (bicyclic) bond motifs is 2. The first-order valence-electron chi connectivity index (χ1n) is 12.6. The summed E-state index contributed by atoms with van der Waals surface area (Å²) < 4.78 is 2.06. The average Bonchev–Trinajstić information content (AvgIpc) is 3.53. The molecule has 0 bridgehead atoms. The number of nitrogens with one attached hydrogen (secondary N) is 3. The number of nitrogens with zero attached hydrogens (tertiary/aromatic N) is 5. The van der Waals surface area contributed by atoms with Crippen molar-refractivity contribution in [2.24, 2.45) is 5.41 Å². The van der Waals surface area contributed by atoms with Crippen LogP contribution in [0.4, 0.5) is 0 Å². The van der Waals surface area contributed by atoms with Gasteiger partial charge in [-0.25, -0.2) is 15.0 Å². The molecule has 10 nitrogen and oxygen atoms in total. The van der Waals surface area contributed by atoms with Crippen molar-refractivity contribution in [1.82, 2.24) is 40.3 Å². The van der Waals surface area contributed by atoms with E-state index in [1.807, 2.05) is 18.2 Å². The summed E-state index contributed by atoms with van der Waals surface area (Å²) in [6.07, 6.45) is 5.22. The lowest BCUT2D eigenvalue weighted by molar-refractivity contribution is -0.122. The highest BCUT2D eigenvalue weighted by Crippen LogP contribution is 2.41. The van der Waals surface area contributed by atoms with E-state index in [1.54, 1.807) is 43.8 Å². The molecular formula is C28H29ClN8O2. The second-order valence-corrected chi connectivity index (χ2v) is 10.8. The molecule has 3 heterocycles. The van der Waals surface area contributed by atoms with Crippen LogP contribution in [0.3, 0.4) is 0 Å². The van der Waals surface area contributed by atoms with E-state index in [0.717, 1.165) is 22.0 Å². The molecule has 0 saturated heterocycles. The first kappa shape index (κ1) is 26.3. The van der Waals surface area contributed by atoms with Crippen LogP contribution in [0.25, 0.3) is 33.3 Å². The molecule has 2 amide bonds. The molecular weight excluding hydrogens is 516 g/mol. The maximum absolute atomic E-state index is 13.2. The fourth-order valence-electron chi connectivity index (χ4n) is 4.65. The van der Waals surface area contributed by atoms with Crippen molar-refractivity contribution in [2.45, 2.75) is 39.8 Å². The summed E-state index contributed by atoms with van der Waals surface area (Å²) in [5.74, 6) is 0.748. The Morgan fingerprint density at radius 2 is 1.90 bits per heavy atom. The van der Waals surface area contributed by atoms with Gasteiger partial charge in [0.25, 0.3) is 5.91 Å². The number of hydrogen-bond acceptors (Lipinski definition) is 6. The third-order valence-electron chi connectivity index (χ3n) is 6.70. The maximum atomic E-state index is 13.2. The fraction of sp³-hybridized carbons (Fsp3) is 0.286. The largest absolute Gasteiger partial charge is 0.355 e. The van der Waals surface area contributed by atoms with E-state index in [4.69, 9.17) is 16.6 Å². The third-order valence-corrected chi connectivity index (χ3v) is 7.02. The highest BCUT2D eigenvalue weighted by molar-refractivity contribution is 6.34. The molecule has 1 atom stereocenters. The lowest BCUT2D eigenvalue weighted by Gasteiger charge is -2.33. The van der Waals surface area contributed by atoms with Gasteiger partial charge in [0, 0.05) is 42.9 Å². The molecule has 200 valence electrons. The number of aromatic amines is 1. The molecule has 0 fully saturated rings. The smallest absolute Gasteiger partial charge is 0.252 e. The van der Waals surface area contributed by atoms with Crippen molar-refractivity contribution < 1.29 is 9.59 Å². The maximum Gasteiger partial charge on any atom is 0.252 e. The van der Waals surface area contributed by atoms with Gasteiger partial charge in [-0.1, -0.05) is 44.5 Å². The third kappa shape index (κ3) is 5.33. The Morgan fingerprint density at radius 3 is 2.62 bits per heavy atom. The van der Waals surface area contributed by atoms with Gasteiger partial charge >= 0.3 is 0 Å². The van der Waals surface area contributed by atoms with Gasteiger partial charge in [-0.2, -0.15) is 5.10 Å². The van der Waals surface area contributed by atoms with Crippen LogP contribution in [0.15, 0.2) is 55.0 Å². The summed E-state index contributed by atoms with van der Waals surface area (Å²) in [5, 5.41) is 14.0. The van der Waals surface area contributed by atoms with Crippen LogP contribution in [-0.4, -0.2) is 48.6 Å². The Bertz CT molecular complexity index is 1670. The van der Waals surface area contributed by atoms with Crippen LogP contribution in [0.5, 0.6) is 0 Å². The average molecular weight is 545 g/mol. The standard InChI is InChI=1S/C28H29ClN8O2/c1-28(2,3)23(13-25(38)33-15-24-31-8-5-9-32-24)37-22-12-19(29)18(27(39)30-4)11-21(22)35-26(37)16-6-7-17-14-34-36-20(17)10-16/h5-12,14,23H,13,15H2,1-4H3,(H,30,39)(H,33,38)(H,34,36)/t23-/m0/s1. The number of benzene rings is 2. The molecule has 0 aliphatic rings. The normalized spacial score (nSPS) is 12.5. The minimum atomic E-state index is -0.354. The summed E-state index contributed by atoms with van der Waals surface area (Å²) in [5.41, 5.74) is 3.01. The molecule has 0 saturated carbocycles. The van der Waals surface area contributed by atoms with Gasteiger partial charge in [0.05, 0.1) is 39.9 Å². The molecule has 2 aromatic carbocycles. The first-order valence-corrected chi connectivity index (χ1v) is 12.9. The van der Waals surface area contributed by atoms with Gasteiger partial charge in [-0.3, -0.25) is 14.7 Å². The zero-order chi connectivity index (χ0) is 27.7. The summed E-state index contributed by atoms with van der Waals surface area (Å²) in [7, 11) is 1.56. The van der Waals surface area contributed by atoms with Gasteiger partial charge in [0.1, 0.15) is 11.6 Å². The van der Waals surface area contributed by atoms with Crippen LogP contribution in [-0.2, 0) is 11.3 Å². The number of hydrogen-bond donors (Lipinski definition) is 3. The van der Waals surface area contributed by atoms with E-state index in [1.165, 1.54) is 0 Å². The number of H-pyrrole nitrogens is 1. The van der Waals surface area contributed by atoms with E-state index in [2.05, 4.69) is 56.1 Å². The predicted molar refractivity (Wildman–Crippen MR) is 150 cm³/mol. The van der Waals surface area contributed by atoms with Crippen molar-refractivity contribution in [3.05, 3.63) is 71.4 Å². The minimum Gasteiger partial charge on any atom is -0.355 e. The number of imidazole rings is 1. The molecule has 3 aromatic heterocycles. The van der Waals surface area contributed by atoms with Crippen molar-refractivity contribution in [1.29, 1.82) is 0 Å².